The van der Waals surface area contributed by atoms with Crippen molar-refractivity contribution in [3.8, 4) is 0 Å². The molecule has 2 atom stereocenters. The number of rotatable bonds is 6. The summed E-state index contributed by atoms with van der Waals surface area (Å²) in [4.78, 5) is 8.73. The minimum Gasteiger partial charge on any atom is -0.387 e. The van der Waals surface area contributed by atoms with E-state index < -0.39 is 6.10 Å². The van der Waals surface area contributed by atoms with Crippen LogP contribution in [0.4, 0.5) is 4.39 Å². The van der Waals surface area contributed by atoms with Crippen LogP contribution in [0.2, 0.25) is 0 Å². The van der Waals surface area contributed by atoms with Crippen LogP contribution in [-0.2, 0) is 6.54 Å². The molecule has 0 radical (unpaired) electrons. The van der Waals surface area contributed by atoms with Gasteiger partial charge in [-0.15, -0.1) is 0 Å². The summed E-state index contributed by atoms with van der Waals surface area (Å²) in [6, 6.07) is 6.50. The van der Waals surface area contributed by atoms with Crippen molar-refractivity contribution in [2.45, 2.75) is 38.5 Å². The van der Waals surface area contributed by atoms with E-state index in [2.05, 4.69) is 19.9 Å². The number of aryl methyl sites for hydroxylation is 1. The number of hydrogen-bond donors (Lipinski definition) is 1. The van der Waals surface area contributed by atoms with Crippen LogP contribution in [0.5, 0.6) is 0 Å². The maximum Gasteiger partial charge on any atom is 0.223 e. The molecule has 0 spiro atoms. The number of aliphatic hydroxyl groups excluding tert-OH is 1. The van der Waals surface area contributed by atoms with Gasteiger partial charge in [-0.25, -0.2) is 4.39 Å². The van der Waals surface area contributed by atoms with Crippen LogP contribution >= 0.6 is 0 Å². The molecule has 1 aliphatic heterocycles. The molecule has 2 heterocycles. The molecule has 6 nitrogen and oxygen atoms in total. The highest BCUT2D eigenvalue weighted by molar-refractivity contribution is 5.19. The number of halogens is 1. The Kier molecular flexibility index (Phi) is 5.78. The summed E-state index contributed by atoms with van der Waals surface area (Å²) in [5, 5.41) is 14.4. The Morgan fingerprint density at radius 1 is 1.48 bits per heavy atom. The summed E-state index contributed by atoms with van der Waals surface area (Å²) in [6.07, 6.45) is 1.46. The highest BCUT2D eigenvalue weighted by atomic mass is 19.1. The molecule has 2 aromatic rings. The third kappa shape index (κ3) is 4.84. The first kappa shape index (κ1) is 18.0. The SMILES string of the molecule is Cc1nc(CN2CCC[C@H](N(C)C[C@H](O)c3cccc(F)c3)C2)no1. The van der Waals surface area contributed by atoms with Crippen molar-refractivity contribution in [1.82, 2.24) is 19.9 Å². The molecular formula is C18H25FN4O2. The number of hydrogen-bond acceptors (Lipinski definition) is 6. The van der Waals surface area contributed by atoms with E-state index in [0.717, 1.165) is 25.9 Å². The number of likely N-dealkylation sites (N-methyl/N-ethyl adjacent to an activating group) is 1. The average molecular weight is 348 g/mol. The summed E-state index contributed by atoms with van der Waals surface area (Å²) in [5.41, 5.74) is 0.613. The number of piperidine rings is 1. The summed E-state index contributed by atoms with van der Waals surface area (Å²) in [5.74, 6) is 0.970. The number of nitrogens with zero attached hydrogens (tertiary/aromatic N) is 4. The maximum absolute atomic E-state index is 13.3. The van der Waals surface area contributed by atoms with Crippen molar-refractivity contribution >= 4 is 0 Å². The molecule has 0 bridgehead atoms. The average Bonchev–Trinajstić information content (AvgIpc) is 3.00. The van der Waals surface area contributed by atoms with Crippen LogP contribution in [0.15, 0.2) is 28.8 Å². The minimum absolute atomic E-state index is 0.321. The molecule has 1 aromatic carbocycles. The lowest BCUT2D eigenvalue weighted by Crippen LogP contribution is -2.47. The lowest BCUT2D eigenvalue weighted by atomic mass is 10.0. The van der Waals surface area contributed by atoms with Gasteiger partial charge in [-0.3, -0.25) is 9.80 Å². The molecule has 25 heavy (non-hydrogen) atoms. The van der Waals surface area contributed by atoms with Gasteiger partial charge < -0.3 is 9.63 Å². The third-order valence-electron chi connectivity index (χ3n) is 4.73. The zero-order valence-corrected chi connectivity index (χ0v) is 14.7. The van der Waals surface area contributed by atoms with Gasteiger partial charge in [0.25, 0.3) is 0 Å². The molecule has 1 fully saturated rings. The number of benzene rings is 1. The molecule has 0 unspecified atom stereocenters. The molecule has 0 aliphatic carbocycles. The Morgan fingerprint density at radius 2 is 2.32 bits per heavy atom. The lowest BCUT2D eigenvalue weighted by Gasteiger charge is -2.38. The normalized spacial score (nSPS) is 20.1. The summed E-state index contributed by atoms with van der Waals surface area (Å²) < 4.78 is 18.4. The zero-order chi connectivity index (χ0) is 17.8. The highest BCUT2D eigenvalue weighted by Crippen LogP contribution is 2.20. The Labute approximate surface area is 147 Å². The Hall–Kier alpha value is -1.83. The molecule has 1 saturated heterocycles. The fourth-order valence-electron chi connectivity index (χ4n) is 3.38. The van der Waals surface area contributed by atoms with Gasteiger partial charge in [0.1, 0.15) is 5.82 Å². The third-order valence-corrected chi connectivity index (χ3v) is 4.73. The second-order valence-electron chi connectivity index (χ2n) is 6.77. The molecule has 1 aliphatic rings. The van der Waals surface area contributed by atoms with E-state index >= 15 is 0 Å². The van der Waals surface area contributed by atoms with Gasteiger partial charge in [-0.2, -0.15) is 4.98 Å². The van der Waals surface area contributed by atoms with E-state index in [0.29, 0.717) is 36.4 Å². The van der Waals surface area contributed by atoms with Gasteiger partial charge in [0.05, 0.1) is 12.6 Å². The smallest absolute Gasteiger partial charge is 0.223 e. The van der Waals surface area contributed by atoms with Crippen LogP contribution in [0.3, 0.4) is 0 Å². The maximum atomic E-state index is 13.3. The fraction of sp³-hybridized carbons (Fsp3) is 0.556. The quantitative estimate of drug-likeness (QED) is 0.863. The van der Waals surface area contributed by atoms with Crippen LogP contribution in [0.25, 0.3) is 0 Å². The van der Waals surface area contributed by atoms with Gasteiger partial charge in [0.15, 0.2) is 5.82 Å². The highest BCUT2D eigenvalue weighted by Gasteiger charge is 2.25. The first-order valence-corrected chi connectivity index (χ1v) is 8.66. The second kappa shape index (κ2) is 8.03. The van der Waals surface area contributed by atoms with Gasteiger partial charge in [-0.05, 0) is 44.1 Å². The van der Waals surface area contributed by atoms with Crippen molar-refractivity contribution < 1.29 is 14.0 Å². The summed E-state index contributed by atoms with van der Waals surface area (Å²) >= 11 is 0. The van der Waals surface area contributed by atoms with Gasteiger partial charge in [0.2, 0.25) is 5.89 Å². The second-order valence-corrected chi connectivity index (χ2v) is 6.77. The van der Waals surface area contributed by atoms with Gasteiger partial charge in [-0.1, -0.05) is 17.3 Å². The molecule has 3 rings (SSSR count). The molecule has 1 aromatic heterocycles. The largest absolute Gasteiger partial charge is 0.387 e. The summed E-state index contributed by atoms with van der Waals surface area (Å²) in [6.45, 7) is 4.83. The van der Waals surface area contributed by atoms with Crippen LogP contribution in [-0.4, -0.2) is 57.8 Å². The molecule has 7 heteroatoms. The van der Waals surface area contributed by atoms with Crippen LogP contribution in [0, 0.1) is 12.7 Å². The topological polar surface area (TPSA) is 65.6 Å². The van der Waals surface area contributed by atoms with Crippen LogP contribution < -0.4 is 0 Å². The lowest BCUT2D eigenvalue weighted by molar-refractivity contribution is 0.0637. The Bertz CT molecular complexity index is 693. The van der Waals surface area contributed by atoms with Gasteiger partial charge >= 0.3 is 0 Å². The fourth-order valence-corrected chi connectivity index (χ4v) is 3.38. The van der Waals surface area contributed by atoms with E-state index in [9.17, 15) is 9.50 Å². The summed E-state index contributed by atoms with van der Waals surface area (Å²) in [7, 11) is 2.01. The van der Waals surface area contributed by atoms with Crippen molar-refractivity contribution in [2.24, 2.45) is 0 Å². The van der Waals surface area contributed by atoms with Crippen molar-refractivity contribution in [3.63, 3.8) is 0 Å². The molecule has 1 N–H and O–H groups in total. The van der Waals surface area contributed by atoms with E-state index in [-0.39, 0.29) is 5.82 Å². The Morgan fingerprint density at radius 3 is 3.04 bits per heavy atom. The number of likely N-dealkylation sites (tertiary alicyclic amines) is 1. The zero-order valence-electron chi connectivity index (χ0n) is 14.7. The standard InChI is InChI=1S/C18H25FN4O2/c1-13-20-18(21-25-13)12-23-8-4-7-16(10-23)22(2)11-17(24)14-5-3-6-15(19)9-14/h3,5-6,9,16-17,24H,4,7-8,10-12H2,1-2H3/t16-,17-/m0/s1. The molecule has 0 amide bonds. The first-order valence-electron chi connectivity index (χ1n) is 8.66. The van der Waals surface area contributed by atoms with E-state index in [1.807, 2.05) is 7.05 Å². The van der Waals surface area contributed by atoms with Crippen molar-refractivity contribution in [2.75, 3.05) is 26.7 Å². The first-order chi connectivity index (χ1) is 12.0. The minimum atomic E-state index is -0.698. The Balaban J connectivity index is 1.55. The molecule has 136 valence electrons. The monoisotopic (exact) mass is 348 g/mol. The molecule has 0 saturated carbocycles. The predicted octanol–water partition coefficient (Wildman–Crippen LogP) is 2.15. The predicted molar refractivity (Wildman–Crippen MR) is 91.3 cm³/mol. The number of aliphatic hydroxyl groups is 1. The van der Waals surface area contributed by atoms with E-state index in [4.69, 9.17) is 4.52 Å². The van der Waals surface area contributed by atoms with E-state index in [1.54, 1.807) is 19.1 Å². The molecular weight excluding hydrogens is 323 g/mol. The van der Waals surface area contributed by atoms with E-state index in [1.165, 1.54) is 12.1 Å². The van der Waals surface area contributed by atoms with Crippen molar-refractivity contribution in [1.29, 1.82) is 0 Å². The van der Waals surface area contributed by atoms with Gasteiger partial charge in [0, 0.05) is 26.1 Å². The van der Waals surface area contributed by atoms with Crippen LogP contribution in [0.1, 0.15) is 36.2 Å². The number of aromatic nitrogens is 2. The van der Waals surface area contributed by atoms with Crippen molar-refractivity contribution in [3.05, 3.63) is 47.4 Å².